The largest absolute Gasteiger partial charge is 0.337 e. The molecule has 8 nitrogen and oxygen atoms in total. The van der Waals surface area contributed by atoms with Gasteiger partial charge in [-0.25, -0.2) is 0 Å². The quantitative estimate of drug-likeness (QED) is 0.512. The highest BCUT2D eigenvalue weighted by molar-refractivity contribution is 7.13. The Morgan fingerprint density at radius 3 is 2.88 bits per heavy atom. The highest BCUT2D eigenvalue weighted by Gasteiger charge is 2.20. The van der Waals surface area contributed by atoms with Crippen LogP contribution in [-0.2, 0) is 6.54 Å². The number of benzene rings is 1. The van der Waals surface area contributed by atoms with Gasteiger partial charge < -0.3 is 9.42 Å². The minimum absolute atomic E-state index is 0.0861. The fraction of sp³-hybridized carbons (Fsp3) is 0.188. The zero-order valence-corrected chi connectivity index (χ0v) is 14.3. The fourth-order valence-electron chi connectivity index (χ4n) is 2.26. The molecule has 1 aromatic carbocycles. The molecule has 0 N–H and O–H groups in total. The SMILES string of the molecule is Cc1ccc(C(=O)N(C)Cc2nc(-c3cccs3)no2)cc1[N+](=O)[O-]. The topological polar surface area (TPSA) is 102 Å². The molecule has 25 heavy (non-hydrogen) atoms. The molecule has 3 aromatic rings. The second-order valence-electron chi connectivity index (χ2n) is 5.41. The number of rotatable bonds is 5. The molecule has 9 heteroatoms. The van der Waals surface area contributed by atoms with E-state index in [-0.39, 0.29) is 23.7 Å². The number of carbonyl (C=O) groups excluding carboxylic acids is 1. The third-order valence-electron chi connectivity index (χ3n) is 3.58. The predicted octanol–water partition coefficient (Wildman–Crippen LogP) is 3.29. The van der Waals surface area contributed by atoms with Crippen LogP contribution in [0.4, 0.5) is 5.69 Å². The number of hydrogen-bond acceptors (Lipinski definition) is 7. The third-order valence-corrected chi connectivity index (χ3v) is 4.45. The molecule has 0 radical (unpaired) electrons. The summed E-state index contributed by atoms with van der Waals surface area (Å²) in [5.41, 5.74) is 0.650. The minimum Gasteiger partial charge on any atom is -0.337 e. The van der Waals surface area contributed by atoms with E-state index in [0.29, 0.717) is 17.3 Å². The first kappa shape index (κ1) is 16.8. The summed E-state index contributed by atoms with van der Waals surface area (Å²) in [6, 6.07) is 8.15. The van der Waals surface area contributed by atoms with Crippen molar-refractivity contribution in [3.63, 3.8) is 0 Å². The number of aromatic nitrogens is 2. The van der Waals surface area contributed by atoms with Gasteiger partial charge >= 0.3 is 0 Å². The monoisotopic (exact) mass is 358 g/mol. The Morgan fingerprint density at radius 1 is 1.40 bits per heavy atom. The first-order chi connectivity index (χ1) is 12.0. The van der Waals surface area contributed by atoms with Gasteiger partial charge in [-0.2, -0.15) is 4.98 Å². The van der Waals surface area contributed by atoms with Crippen molar-refractivity contribution < 1.29 is 14.2 Å². The van der Waals surface area contributed by atoms with Crippen molar-refractivity contribution >= 4 is 22.9 Å². The van der Waals surface area contributed by atoms with Gasteiger partial charge in [0.25, 0.3) is 11.6 Å². The lowest BCUT2D eigenvalue weighted by Crippen LogP contribution is -2.26. The smallest absolute Gasteiger partial charge is 0.273 e. The molecule has 0 atom stereocenters. The number of nitrogens with zero attached hydrogens (tertiary/aromatic N) is 4. The van der Waals surface area contributed by atoms with Gasteiger partial charge in [0, 0.05) is 24.2 Å². The number of nitro groups is 1. The van der Waals surface area contributed by atoms with Crippen molar-refractivity contribution in [2.45, 2.75) is 13.5 Å². The van der Waals surface area contributed by atoms with Crippen LogP contribution in [0.5, 0.6) is 0 Å². The van der Waals surface area contributed by atoms with Gasteiger partial charge in [-0.05, 0) is 24.4 Å². The zero-order valence-electron chi connectivity index (χ0n) is 13.5. The Kier molecular flexibility index (Phi) is 4.57. The summed E-state index contributed by atoms with van der Waals surface area (Å²) in [5.74, 6) is 0.400. The molecule has 1 amide bonds. The molecule has 2 aromatic heterocycles. The summed E-state index contributed by atoms with van der Waals surface area (Å²) in [7, 11) is 1.57. The average Bonchev–Trinajstić information content (AvgIpc) is 3.25. The Labute approximate surface area is 146 Å². The van der Waals surface area contributed by atoms with E-state index in [9.17, 15) is 14.9 Å². The molecule has 0 saturated heterocycles. The van der Waals surface area contributed by atoms with Crippen LogP contribution >= 0.6 is 11.3 Å². The molecule has 0 bridgehead atoms. The standard InChI is InChI=1S/C16H14N4O4S/c1-10-5-6-11(8-12(10)20(22)23)16(21)19(2)9-14-17-15(18-24-14)13-4-3-7-25-13/h3-8H,9H2,1-2H3. The van der Waals surface area contributed by atoms with Crippen molar-refractivity contribution in [3.05, 3.63) is 62.8 Å². The molecule has 2 heterocycles. The first-order valence-electron chi connectivity index (χ1n) is 7.32. The van der Waals surface area contributed by atoms with Crippen molar-refractivity contribution in [1.82, 2.24) is 15.0 Å². The van der Waals surface area contributed by atoms with Gasteiger partial charge in [-0.1, -0.05) is 17.3 Å². The molecule has 3 rings (SSSR count). The van der Waals surface area contributed by atoms with Gasteiger partial charge in [0.1, 0.15) is 0 Å². The van der Waals surface area contributed by atoms with E-state index in [1.807, 2.05) is 17.5 Å². The maximum atomic E-state index is 12.5. The van der Waals surface area contributed by atoms with Gasteiger partial charge in [-0.15, -0.1) is 11.3 Å². The number of aryl methyl sites for hydroxylation is 1. The van der Waals surface area contributed by atoms with Crippen LogP contribution in [0.1, 0.15) is 21.8 Å². The van der Waals surface area contributed by atoms with Gasteiger partial charge in [-0.3, -0.25) is 14.9 Å². The van der Waals surface area contributed by atoms with Crippen molar-refractivity contribution in [3.8, 4) is 10.7 Å². The van der Waals surface area contributed by atoms with Crippen LogP contribution in [0.15, 0.2) is 40.2 Å². The van der Waals surface area contributed by atoms with Crippen molar-refractivity contribution in [1.29, 1.82) is 0 Å². The molecule has 0 spiro atoms. The Bertz CT molecular complexity index is 920. The molecule has 0 aliphatic heterocycles. The van der Waals surface area contributed by atoms with Gasteiger partial charge in [0.2, 0.25) is 11.7 Å². The fourth-order valence-corrected chi connectivity index (χ4v) is 2.91. The Morgan fingerprint density at radius 2 is 2.20 bits per heavy atom. The zero-order chi connectivity index (χ0) is 18.0. The summed E-state index contributed by atoms with van der Waals surface area (Å²) in [6.45, 7) is 1.74. The lowest BCUT2D eigenvalue weighted by Gasteiger charge is -2.14. The van der Waals surface area contributed by atoms with Gasteiger partial charge in [0.05, 0.1) is 16.3 Å². The number of nitro benzene ring substituents is 1. The lowest BCUT2D eigenvalue weighted by molar-refractivity contribution is -0.385. The van der Waals surface area contributed by atoms with Crippen LogP contribution in [0, 0.1) is 17.0 Å². The number of carbonyl (C=O) groups is 1. The summed E-state index contributed by atoms with van der Waals surface area (Å²) < 4.78 is 5.17. The third kappa shape index (κ3) is 3.56. The summed E-state index contributed by atoms with van der Waals surface area (Å²) in [4.78, 5) is 29.5. The van der Waals surface area contributed by atoms with Crippen molar-refractivity contribution in [2.24, 2.45) is 0 Å². The second-order valence-corrected chi connectivity index (χ2v) is 6.36. The van der Waals surface area contributed by atoms with E-state index in [2.05, 4.69) is 10.1 Å². The van der Waals surface area contributed by atoms with E-state index in [1.165, 1.54) is 22.3 Å². The lowest BCUT2D eigenvalue weighted by atomic mass is 10.1. The number of thiophene rings is 1. The average molecular weight is 358 g/mol. The van der Waals surface area contributed by atoms with Crippen LogP contribution in [0.2, 0.25) is 0 Å². The van der Waals surface area contributed by atoms with Crippen LogP contribution in [0.25, 0.3) is 10.7 Å². The summed E-state index contributed by atoms with van der Waals surface area (Å²) >= 11 is 1.49. The maximum absolute atomic E-state index is 12.5. The van der Waals surface area contributed by atoms with E-state index < -0.39 is 4.92 Å². The first-order valence-corrected chi connectivity index (χ1v) is 8.20. The van der Waals surface area contributed by atoms with Gasteiger partial charge in [0.15, 0.2) is 0 Å². The van der Waals surface area contributed by atoms with Crippen LogP contribution in [-0.4, -0.2) is 32.9 Å². The Balaban J connectivity index is 1.75. The Hall–Kier alpha value is -3.07. The highest BCUT2D eigenvalue weighted by atomic mass is 32.1. The van der Waals surface area contributed by atoms with E-state index in [4.69, 9.17) is 4.52 Å². The van der Waals surface area contributed by atoms with Crippen LogP contribution in [0.3, 0.4) is 0 Å². The number of amides is 1. The van der Waals surface area contributed by atoms with E-state index in [0.717, 1.165) is 4.88 Å². The van der Waals surface area contributed by atoms with E-state index >= 15 is 0 Å². The second kappa shape index (κ2) is 6.81. The van der Waals surface area contributed by atoms with Crippen LogP contribution < -0.4 is 0 Å². The summed E-state index contributed by atoms with van der Waals surface area (Å²) in [6.07, 6.45) is 0. The molecule has 0 aliphatic carbocycles. The normalized spacial score (nSPS) is 10.6. The minimum atomic E-state index is -0.503. The molecule has 0 fully saturated rings. The molecular weight excluding hydrogens is 344 g/mol. The van der Waals surface area contributed by atoms with E-state index in [1.54, 1.807) is 26.1 Å². The number of hydrogen-bond donors (Lipinski definition) is 0. The molecule has 0 aliphatic rings. The maximum Gasteiger partial charge on any atom is 0.273 e. The highest BCUT2D eigenvalue weighted by Crippen LogP contribution is 2.22. The molecule has 128 valence electrons. The van der Waals surface area contributed by atoms with Crippen molar-refractivity contribution in [2.75, 3.05) is 7.05 Å². The molecule has 0 unspecified atom stereocenters. The molecular formula is C16H14N4O4S. The summed E-state index contributed by atoms with van der Waals surface area (Å²) in [5, 5.41) is 16.8. The molecule has 0 saturated carbocycles. The predicted molar refractivity (Wildman–Crippen MR) is 91.2 cm³/mol.